The molecule has 1 saturated heterocycles. The lowest BCUT2D eigenvalue weighted by Crippen LogP contribution is -2.60. The molecule has 1 fully saturated rings. The average Bonchev–Trinajstić information content (AvgIpc) is 2.53. The van der Waals surface area contributed by atoms with Gasteiger partial charge >= 0.3 is 0 Å². The van der Waals surface area contributed by atoms with Crippen molar-refractivity contribution in [2.45, 2.75) is 35.6 Å². The fourth-order valence-electron chi connectivity index (χ4n) is 2.15. The van der Waals surface area contributed by atoms with E-state index < -0.39 is 40.7 Å². The number of aliphatic hydroxyl groups is 3. The van der Waals surface area contributed by atoms with E-state index in [1.54, 1.807) is 18.2 Å². The van der Waals surface area contributed by atoms with Gasteiger partial charge in [-0.3, -0.25) is 0 Å². The Morgan fingerprint density at radius 3 is 2.36 bits per heavy atom. The highest BCUT2D eigenvalue weighted by molar-refractivity contribution is 7.89. The molecular weight excluding hydrogens is 314 g/mol. The van der Waals surface area contributed by atoms with Crippen LogP contribution in [-0.2, 0) is 19.5 Å². The Morgan fingerprint density at radius 1 is 1.14 bits per heavy atom. The zero-order valence-electron chi connectivity index (χ0n) is 11.9. The third-order valence-electron chi connectivity index (χ3n) is 3.43. The molecule has 5 atom stereocenters. The molecule has 9 heteroatoms. The number of aliphatic hydroxyl groups excluding tert-OH is 3. The van der Waals surface area contributed by atoms with Crippen LogP contribution in [0.4, 0.5) is 0 Å². The summed E-state index contributed by atoms with van der Waals surface area (Å²) in [7, 11) is -2.50. The van der Waals surface area contributed by atoms with Gasteiger partial charge in [-0.2, -0.15) is 0 Å². The van der Waals surface area contributed by atoms with Crippen LogP contribution in [0.15, 0.2) is 35.2 Å². The van der Waals surface area contributed by atoms with Crippen molar-refractivity contribution in [1.82, 2.24) is 4.72 Å². The summed E-state index contributed by atoms with van der Waals surface area (Å²) >= 11 is 0. The van der Waals surface area contributed by atoms with Crippen LogP contribution in [0.5, 0.6) is 0 Å². The van der Waals surface area contributed by atoms with Gasteiger partial charge < -0.3 is 24.8 Å². The first-order chi connectivity index (χ1) is 10.4. The van der Waals surface area contributed by atoms with Crippen molar-refractivity contribution in [2.75, 3.05) is 13.7 Å². The fraction of sp³-hybridized carbons (Fsp3) is 0.538. The van der Waals surface area contributed by atoms with Gasteiger partial charge in [0.1, 0.15) is 24.4 Å². The van der Waals surface area contributed by atoms with Crippen molar-refractivity contribution >= 4 is 10.0 Å². The average molecular weight is 333 g/mol. The summed E-state index contributed by atoms with van der Waals surface area (Å²) in [5.41, 5.74) is 0. The predicted molar refractivity (Wildman–Crippen MR) is 75.3 cm³/mol. The van der Waals surface area contributed by atoms with Gasteiger partial charge in [0.2, 0.25) is 10.0 Å². The van der Waals surface area contributed by atoms with Gasteiger partial charge in [-0.05, 0) is 12.1 Å². The molecule has 0 saturated carbocycles. The quantitative estimate of drug-likeness (QED) is 0.512. The molecule has 0 bridgehead atoms. The predicted octanol–water partition coefficient (Wildman–Crippen LogP) is -1.58. The van der Waals surface area contributed by atoms with E-state index in [4.69, 9.17) is 9.47 Å². The van der Waals surface area contributed by atoms with E-state index in [1.165, 1.54) is 19.2 Å². The van der Waals surface area contributed by atoms with E-state index >= 15 is 0 Å². The van der Waals surface area contributed by atoms with Gasteiger partial charge in [0.05, 0.1) is 4.90 Å². The number of hydrogen-bond donors (Lipinski definition) is 4. The van der Waals surface area contributed by atoms with E-state index in [1.807, 2.05) is 0 Å². The van der Waals surface area contributed by atoms with Crippen molar-refractivity contribution < 1.29 is 33.2 Å². The van der Waals surface area contributed by atoms with Crippen molar-refractivity contribution in [1.29, 1.82) is 0 Å². The Kier molecular flexibility index (Phi) is 5.50. The van der Waals surface area contributed by atoms with Gasteiger partial charge in [-0.25, -0.2) is 13.1 Å². The molecule has 8 nitrogen and oxygen atoms in total. The number of hydrogen-bond acceptors (Lipinski definition) is 7. The van der Waals surface area contributed by atoms with E-state index in [-0.39, 0.29) is 11.4 Å². The van der Waals surface area contributed by atoms with Crippen LogP contribution in [-0.4, -0.2) is 68.1 Å². The summed E-state index contributed by atoms with van der Waals surface area (Å²) in [5, 5.41) is 29.2. The van der Waals surface area contributed by atoms with Crippen LogP contribution in [0.25, 0.3) is 0 Å². The van der Waals surface area contributed by atoms with Crippen LogP contribution in [0, 0.1) is 0 Å². The smallest absolute Gasteiger partial charge is 0.240 e. The molecule has 0 radical (unpaired) electrons. The van der Waals surface area contributed by atoms with Gasteiger partial charge in [0, 0.05) is 13.7 Å². The molecule has 22 heavy (non-hydrogen) atoms. The highest BCUT2D eigenvalue weighted by atomic mass is 32.2. The molecule has 1 aliphatic heterocycles. The monoisotopic (exact) mass is 333 g/mol. The number of ether oxygens (including phenoxy) is 2. The minimum atomic E-state index is -3.76. The maximum absolute atomic E-state index is 12.1. The zero-order chi connectivity index (χ0) is 16.3. The second-order valence-corrected chi connectivity index (χ2v) is 6.68. The molecule has 0 aromatic heterocycles. The topological polar surface area (TPSA) is 125 Å². The van der Waals surface area contributed by atoms with E-state index in [9.17, 15) is 23.7 Å². The molecule has 1 aromatic carbocycles. The maximum atomic E-state index is 12.1. The lowest BCUT2D eigenvalue weighted by Gasteiger charge is -2.39. The minimum absolute atomic E-state index is 0.0733. The lowest BCUT2D eigenvalue weighted by molar-refractivity contribution is -0.287. The SMILES string of the molecule is COC1O[C@H](CNS(=O)(=O)c2ccccc2)C(O)[C@@H](O)[C@@H]1O. The molecular formula is C13H19NO7S. The molecule has 1 aliphatic rings. The number of benzene rings is 1. The third kappa shape index (κ3) is 3.63. The van der Waals surface area contributed by atoms with Crippen LogP contribution < -0.4 is 4.72 Å². The summed E-state index contributed by atoms with van der Waals surface area (Å²) in [6.07, 6.45) is -6.56. The first kappa shape index (κ1) is 17.3. The van der Waals surface area contributed by atoms with Crippen LogP contribution in [0.3, 0.4) is 0 Å². The van der Waals surface area contributed by atoms with Crippen LogP contribution in [0.1, 0.15) is 0 Å². The Morgan fingerprint density at radius 2 is 1.77 bits per heavy atom. The molecule has 4 N–H and O–H groups in total. The second kappa shape index (κ2) is 7.01. The largest absolute Gasteiger partial charge is 0.388 e. The second-order valence-electron chi connectivity index (χ2n) is 4.92. The van der Waals surface area contributed by atoms with Crippen molar-refractivity contribution in [3.05, 3.63) is 30.3 Å². The highest BCUT2D eigenvalue weighted by Gasteiger charge is 2.44. The summed E-state index contributed by atoms with van der Waals surface area (Å²) < 4.78 is 36.6. The number of sulfonamides is 1. The number of nitrogens with one attached hydrogen (secondary N) is 1. The van der Waals surface area contributed by atoms with Crippen molar-refractivity contribution in [3.8, 4) is 0 Å². The molecule has 0 spiro atoms. The summed E-state index contributed by atoms with van der Waals surface area (Å²) in [6, 6.07) is 7.71. The van der Waals surface area contributed by atoms with E-state index in [0.29, 0.717) is 0 Å². The molecule has 1 heterocycles. The maximum Gasteiger partial charge on any atom is 0.240 e. The van der Waals surface area contributed by atoms with E-state index in [2.05, 4.69) is 4.72 Å². The summed E-state index contributed by atoms with van der Waals surface area (Å²) in [6.45, 7) is -0.276. The molecule has 2 unspecified atom stereocenters. The molecule has 0 amide bonds. The highest BCUT2D eigenvalue weighted by Crippen LogP contribution is 2.21. The fourth-order valence-corrected chi connectivity index (χ4v) is 3.22. The normalized spacial score (nSPS) is 32.8. The minimum Gasteiger partial charge on any atom is -0.388 e. The number of rotatable bonds is 5. The third-order valence-corrected chi connectivity index (χ3v) is 4.87. The lowest BCUT2D eigenvalue weighted by atomic mass is 9.99. The summed E-state index contributed by atoms with van der Waals surface area (Å²) in [5.74, 6) is 0. The molecule has 1 aromatic rings. The van der Waals surface area contributed by atoms with Gasteiger partial charge in [-0.1, -0.05) is 18.2 Å². The Balaban J connectivity index is 2.04. The molecule has 2 rings (SSSR count). The first-order valence-corrected chi connectivity index (χ1v) is 8.12. The number of methoxy groups -OCH3 is 1. The Hall–Kier alpha value is -1.07. The van der Waals surface area contributed by atoms with E-state index in [0.717, 1.165) is 0 Å². The van der Waals surface area contributed by atoms with Crippen LogP contribution in [0.2, 0.25) is 0 Å². The van der Waals surface area contributed by atoms with Crippen LogP contribution >= 0.6 is 0 Å². The Labute approximate surface area is 128 Å². The van der Waals surface area contributed by atoms with Gasteiger partial charge in [-0.15, -0.1) is 0 Å². The van der Waals surface area contributed by atoms with Gasteiger partial charge in [0.25, 0.3) is 0 Å². The van der Waals surface area contributed by atoms with Crippen molar-refractivity contribution in [3.63, 3.8) is 0 Å². The molecule has 0 aliphatic carbocycles. The Bertz CT molecular complexity index is 577. The summed E-state index contributed by atoms with van der Waals surface area (Å²) in [4.78, 5) is 0.0733. The van der Waals surface area contributed by atoms with Gasteiger partial charge in [0.15, 0.2) is 6.29 Å². The molecule has 124 valence electrons. The van der Waals surface area contributed by atoms with Crippen molar-refractivity contribution in [2.24, 2.45) is 0 Å². The first-order valence-electron chi connectivity index (χ1n) is 6.64. The zero-order valence-corrected chi connectivity index (χ0v) is 12.7. The standard InChI is InChI=1S/C13H19NO7S/c1-20-13-12(17)11(16)10(15)9(21-13)7-14-22(18,19)8-5-3-2-4-6-8/h2-6,9-17H,7H2,1H3/t9-,10?,11-,12+,13?/m1/s1.